The first kappa shape index (κ1) is 17.9. The minimum Gasteiger partial charge on any atom is -0.387 e. The first-order valence-corrected chi connectivity index (χ1v) is 9.42. The van der Waals surface area contributed by atoms with Crippen LogP contribution in [0.4, 0.5) is 0 Å². The van der Waals surface area contributed by atoms with Gasteiger partial charge in [0.15, 0.2) is 0 Å². The number of likely N-dealkylation sites (tertiary alicyclic amines) is 1. The smallest absolute Gasteiger partial charge is 0.0917 e. The van der Waals surface area contributed by atoms with Crippen LogP contribution in [-0.4, -0.2) is 78.7 Å². The van der Waals surface area contributed by atoms with Crippen LogP contribution in [0.15, 0.2) is 18.2 Å². The summed E-state index contributed by atoms with van der Waals surface area (Å²) in [6.07, 6.45) is 2.29. The van der Waals surface area contributed by atoms with Crippen molar-refractivity contribution in [2.24, 2.45) is 0 Å². The van der Waals surface area contributed by atoms with E-state index in [1.54, 1.807) is 0 Å². The highest BCUT2D eigenvalue weighted by atomic mass is 16.3. The van der Waals surface area contributed by atoms with E-state index in [9.17, 15) is 5.11 Å². The number of aryl methyl sites for hydroxylation is 2. The van der Waals surface area contributed by atoms with Crippen LogP contribution < -0.4 is 0 Å². The van der Waals surface area contributed by atoms with Gasteiger partial charge in [-0.3, -0.25) is 9.80 Å². The highest BCUT2D eigenvalue weighted by molar-refractivity contribution is 5.30. The predicted molar refractivity (Wildman–Crippen MR) is 99.4 cm³/mol. The highest BCUT2D eigenvalue weighted by Gasteiger charge is 2.27. The van der Waals surface area contributed by atoms with Gasteiger partial charge in [-0.2, -0.15) is 0 Å². The summed E-state index contributed by atoms with van der Waals surface area (Å²) >= 11 is 0. The minimum atomic E-state index is -0.379. The van der Waals surface area contributed by atoms with Crippen molar-refractivity contribution in [1.82, 2.24) is 14.7 Å². The maximum Gasteiger partial charge on any atom is 0.0917 e. The van der Waals surface area contributed by atoms with Crippen molar-refractivity contribution in [3.63, 3.8) is 0 Å². The molecule has 0 spiro atoms. The Kier molecular flexibility index (Phi) is 5.93. The fourth-order valence-electron chi connectivity index (χ4n) is 4.30. The van der Waals surface area contributed by atoms with Crippen LogP contribution in [0.2, 0.25) is 0 Å². The van der Waals surface area contributed by atoms with E-state index in [1.807, 2.05) is 0 Å². The average molecular weight is 332 g/mol. The highest BCUT2D eigenvalue weighted by Crippen LogP contribution is 2.20. The summed E-state index contributed by atoms with van der Waals surface area (Å²) in [7, 11) is 2.24. The molecule has 0 saturated carbocycles. The molecule has 134 valence electrons. The van der Waals surface area contributed by atoms with E-state index < -0.39 is 0 Å². The van der Waals surface area contributed by atoms with Gasteiger partial charge in [0.2, 0.25) is 0 Å². The summed E-state index contributed by atoms with van der Waals surface area (Å²) in [5.74, 6) is 0. The van der Waals surface area contributed by atoms with Gasteiger partial charge in [0.05, 0.1) is 6.10 Å². The second-order valence-corrected chi connectivity index (χ2v) is 7.83. The second-order valence-electron chi connectivity index (χ2n) is 7.83. The van der Waals surface area contributed by atoms with E-state index >= 15 is 0 Å². The molecule has 0 aromatic heterocycles. The monoisotopic (exact) mass is 331 g/mol. The maximum absolute atomic E-state index is 10.6. The number of benzene rings is 1. The Morgan fingerprint density at radius 1 is 1.04 bits per heavy atom. The van der Waals surface area contributed by atoms with Crippen LogP contribution in [0.25, 0.3) is 0 Å². The molecule has 2 unspecified atom stereocenters. The van der Waals surface area contributed by atoms with Gasteiger partial charge < -0.3 is 10.0 Å². The largest absolute Gasteiger partial charge is 0.387 e. The number of likely N-dealkylation sites (N-methyl/N-ethyl adjacent to an activating group) is 1. The van der Waals surface area contributed by atoms with E-state index in [4.69, 9.17) is 0 Å². The van der Waals surface area contributed by atoms with Crippen molar-refractivity contribution >= 4 is 0 Å². The van der Waals surface area contributed by atoms with E-state index in [2.05, 4.69) is 53.8 Å². The van der Waals surface area contributed by atoms with Crippen LogP contribution in [0.1, 0.15) is 35.6 Å². The molecule has 1 aromatic rings. The number of piperidine rings is 1. The number of aliphatic hydroxyl groups excluding tert-OH is 1. The lowest BCUT2D eigenvalue weighted by Crippen LogP contribution is -2.54. The quantitative estimate of drug-likeness (QED) is 0.915. The Hall–Kier alpha value is -0.940. The van der Waals surface area contributed by atoms with E-state index in [1.165, 1.54) is 37.1 Å². The minimum absolute atomic E-state index is 0.379. The SMILES string of the molecule is Cc1cc(C)cc(C(O)CN2CCN(C3CCCN(C)C3)CC2)c1. The van der Waals surface area contributed by atoms with Gasteiger partial charge in [0.25, 0.3) is 0 Å². The Bertz CT molecular complexity index is 519. The zero-order chi connectivity index (χ0) is 17.1. The van der Waals surface area contributed by atoms with Crippen molar-refractivity contribution < 1.29 is 5.11 Å². The summed E-state index contributed by atoms with van der Waals surface area (Å²) in [6.45, 7) is 11.8. The van der Waals surface area contributed by atoms with Gasteiger partial charge in [0.1, 0.15) is 0 Å². The number of rotatable bonds is 4. The van der Waals surface area contributed by atoms with Crippen LogP contribution in [0, 0.1) is 13.8 Å². The average Bonchev–Trinajstić information content (AvgIpc) is 2.54. The van der Waals surface area contributed by atoms with Gasteiger partial charge in [-0.15, -0.1) is 0 Å². The van der Waals surface area contributed by atoms with E-state index in [0.717, 1.165) is 44.3 Å². The summed E-state index contributed by atoms with van der Waals surface area (Å²) in [5, 5.41) is 10.6. The maximum atomic E-state index is 10.6. The van der Waals surface area contributed by atoms with Crippen LogP contribution >= 0.6 is 0 Å². The standard InChI is InChI=1S/C20H33N3O/c1-16-11-17(2)13-18(12-16)20(24)15-22-7-9-23(10-8-22)19-5-4-6-21(3)14-19/h11-13,19-20,24H,4-10,14-15H2,1-3H3. The summed E-state index contributed by atoms with van der Waals surface area (Å²) < 4.78 is 0. The van der Waals surface area contributed by atoms with E-state index in [-0.39, 0.29) is 6.10 Å². The van der Waals surface area contributed by atoms with Gasteiger partial charge >= 0.3 is 0 Å². The molecule has 3 rings (SSSR count). The second kappa shape index (κ2) is 7.96. The molecule has 2 aliphatic heterocycles. The third-order valence-electron chi connectivity index (χ3n) is 5.58. The molecule has 0 aliphatic carbocycles. The molecule has 2 saturated heterocycles. The first-order valence-electron chi connectivity index (χ1n) is 9.42. The number of piperazine rings is 1. The first-order chi connectivity index (χ1) is 11.5. The van der Waals surface area contributed by atoms with E-state index in [0.29, 0.717) is 0 Å². The third-order valence-corrected chi connectivity index (χ3v) is 5.58. The Morgan fingerprint density at radius 2 is 1.71 bits per heavy atom. The molecule has 2 aliphatic rings. The molecule has 4 nitrogen and oxygen atoms in total. The number of β-amino-alcohol motifs (C(OH)–C–C–N with tert-alkyl or cyclic N) is 1. The van der Waals surface area contributed by atoms with Gasteiger partial charge in [-0.25, -0.2) is 0 Å². The molecule has 4 heteroatoms. The lowest BCUT2D eigenvalue weighted by atomic mass is 10.0. The number of hydrogen-bond donors (Lipinski definition) is 1. The lowest BCUT2D eigenvalue weighted by Gasteiger charge is -2.43. The lowest BCUT2D eigenvalue weighted by molar-refractivity contribution is 0.0370. The van der Waals surface area contributed by atoms with Crippen molar-refractivity contribution in [3.05, 3.63) is 34.9 Å². The Morgan fingerprint density at radius 3 is 2.33 bits per heavy atom. The fraction of sp³-hybridized carbons (Fsp3) is 0.700. The molecule has 1 aromatic carbocycles. The van der Waals surface area contributed by atoms with Crippen molar-refractivity contribution in [2.75, 3.05) is 52.9 Å². The Balaban J connectivity index is 1.49. The van der Waals surface area contributed by atoms with Crippen molar-refractivity contribution in [2.45, 2.75) is 38.8 Å². The predicted octanol–water partition coefficient (Wildman–Crippen LogP) is 2.05. The molecular weight excluding hydrogens is 298 g/mol. The molecule has 2 atom stereocenters. The number of nitrogens with zero attached hydrogens (tertiary/aromatic N) is 3. The summed E-state index contributed by atoms with van der Waals surface area (Å²) in [5.41, 5.74) is 3.52. The van der Waals surface area contributed by atoms with Crippen LogP contribution in [-0.2, 0) is 0 Å². The summed E-state index contributed by atoms with van der Waals surface area (Å²) in [6, 6.07) is 7.13. The van der Waals surface area contributed by atoms with Gasteiger partial charge in [-0.1, -0.05) is 29.3 Å². The molecule has 2 fully saturated rings. The fourth-order valence-corrected chi connectivity index (χ4v) is 4.30. The van der Waals surface area contributed by atoms with Crippen molar-refractivity contribution in [3.8, 4) is 0 Å². The van der Waals surface area contributed by atoms with Gasteiger partial charge in [0, 0.05) is 45.3 Å². The van der Waals surface area contributed by atoms with Crippen LogP contribution in [0.3, 0.4) is 0 Å². The molecule has 0 radical (unpaired) electrons. The third kappa shape index (κ3) is 4.57. The molecule has 0 bridgehead atoms. The zero-order valence-corrected chi connectivity index (χ0v) is 15.5. The molecule has 2 heterocycles. The van der Waals surface area contributed by atoms with Gasteiger partial charge in [-0.05, 0) is 45.8 Å². The molecular formula is C20H33N3O. The van der Waals surface area contributed by atoms with Crippen molar-refractivity contribution in [1.29, 1.82) is 0 Å². The normalized spacial score (nSPS) is 25.8. The molecule has 0 amide bonds. The zero-order valence-electron chi connectivity index (χ0n) is 15.5. The summed E-state index contributed by atoms with van der Waals surface area (Å²) in [4.78, 5) is 7.55. The Labute approximate surface area is 147 Å². The van der Waals surface area contributed by atoms with Crippen LogP contribution in [0.5, 0.6) is 0 Å². The number of aliphatic hydroxyl groups is 1. The molecule has 1 N–H and O–H groups in total. The topological polar surface area (TPSA) is 30.0 Å². The number of hydrogen-bond acceptors (Lipinski definition) is 4. The molecule has 24 heavy (non-hydrogen) atoms.